The van der Waals surface area contributed by atoms with E-state index in [1.807, 2.05) is 0 Å². The average molecular weight is 482 g/mol. The summed E-state index contributed by atoms with van der Waals surface area (Å²) < 4.78 is 74.2. The van der Waals surface area contributed by atoms with Gasteiger partial charge in [-0.15, -0.1) is 0 Å². The monoisotopic (exact) mass is 482 g/mol. The Bertz CT molecular complexity index is 1270. The van der Waals surface area contributed by atoms with Gasteiger partial charge < -0.3 is 14.6 Å². The van der Waals surface area contributed by atoms with Gasteiger partial charge in [-0.05, 0) is 38.0 Å². The standard InChI is InChI=1S/C23H23F5N4O2/c1-3-34-21-18-15(5-8-29-21)30-16(12-17(18)33)14-11-13(2)19(23(26,27)28)31-20(14)32-9-4-6-22(24,25)7-10-32/h5,8,11-12H,3-4,6-7,9-10H2,1-2H3,(H,30,33). The molecule has 0 atom stereocenters. The van der Waals surface area contributed by atoms with Gasteiger partial charge in [-0.2, -0.15) is 13.2 Å². The van der Waals surface area contributed by atoms with E-state index in [0.29, 0.717) is 12.1 Å². The molecule has 0 radical (unpaired) electrons. The molecule has 0 amide bonds. The zero-order chi connectivity index (χ0) is 24.7. The molecule has 0 spiro atoms. The van der Waals surface area contributed by atoms with Crippen LogP contribution in [0.4, 0.5) is 27.8 Å². The largest absolute Gasteiger partial charge is 0.477 e. The molecule has 1 fully saturated rings. The van der Waals surface area contributed by atoms with Crippen LogP contribution < -0.4 is 15.1 Å². The zero-order valence-electron chi connectivity index (χ0n) is 18.6. The maximum Gasteiger partial charge on any atom is 0.433 e. The minimum atomic E-state index is -4.72. The van der Waals surface area contributed by atoms with Gasteiger partial charge in [0.2, 0.25) is 11.8 Å². The lowest BCUT2D eigenvalue weighted by Gasteiger charge is -2.26. The van der Waals surface area contributed by atoms with E-state index in [0.717, 1.165) is 0 Å². The highest BCUT2D eigenvalue weighted by molar-refractivity contribution is 5.87. The highest BCUT2D eigenvalue weighted by Crippen LogP contribution is 2.39. The number of H-pyrrole nitrogens is 1. The first-order chi connectivity index (χ1) is 16.0. The summed E-state index contributed by atoms with van der Waals surface area (Å²) in [6.07, 6.45) is -4.03. The summed E-state index contributed by atoms with van der Waals surface area (Å²) in [6.45, 7) is 3.27. The third-order valence-electron chi connectivity index (χ3n) is 5.76. The minimum absolute atomic E-state index is 0.0929. The number of aromatic nitrogens is 3. The van der Waals surface area contributed by atoms with E-state index in [1.54, 1.807) is 13.0 Å². The summed E-state index contributed by atoms with van der Waals surface area (Å²) in [5.41, 5.74) is -0.839. The highest BCUT2D eigenvalue weighted by atomic mass is 19.4. The quantitative estimate of drug-likeness (QED) is 0.509. The Morgan fingerprint density at radius 3 is 2.68 bits per heavy atom. The maximum absolute atomic E-state index is 13.9. The predicted molar refractivity (Wildman–Crippen MR) is 118 cm³/mol. The van der Waals surface area contributed by atoms with E-state index < -0.39 is 29.6 Å². The number of hydrogen-bond donors (Lipinski definition) is 1. The van der Waals surface area contributed by atoms with Crippen LogP contribution in [-0.4, -0.2) is 40.6 Å². The first-order valence-electron chi connectivity index (χ1n) is 10.9. The SMILES string of the molecule is CCOc1nccc2[nH]c(-c3cc(C)c(C(F)(F)F)nc3N3CCCC(F)(F)CC3)cc(=O)c12. The van der Waals surface area contributed by atoms with Crippen LogP contribution in [-0.2, 0) is 6.18 Å². The van der Waals surface area contributed by atoms with E-state index in [4.69, 9.17) is 4.74 Å². The fourth-order valence-electron chi connectivity index (χ4n) is 4.17. The van der Waals surface area contributed by atoms with Gasteiger partial charge >= 0.3 is 6.18 Å². The highest BCUT2D eigenvalue weighted by Gasteiger charge is 2.37. The van der Waals surface area contributed by atoms with E-state index >= 15 is 0 Å². The molecule has 1 N–H and O–H groups in total. The van der Waals surface area contributed by atoms with E-state index in [2.05, 4.69) is 15.0 Å². The number of nitrogens with zero attached hydrogens (tertiary/aromatic N) is 3. The second kappa shape index (κ2) is 8.84. The normalized spacial score (nSPS) is 16.5. The number of nitrogens with one attached hydrogen (secondary N) is 1. The first-order valence-corrected chi connectivity index (χ1v) is 10.9. The Morgan fingerprint density at radius 1 is 1.21 bits per heavy atom. The van der Waals surface area contributed by atoms with Crippen molar-refractivity contribution < 1.29 is 26.7 Å². The Morgan fingerprint density at radius 2 is 1.97 bits per heavy atom. The summed E-state index contributed by atoms with van der Waals surface area (Å²) in [7, 11) is 0. The Balaban J connectivity index is 1.91. The van der Waals surface area contributed by atoms with Crippen LogP contribution in [0.15, 0.2) is 29.2 Å². The lowest BCUT2D eigenvalue weighted by atomic mass is 10.1. The number of pyridine rings is 3. The lowest BCUT2D eigenvalue weighted by Crippen LogP contribution is -2.28. The van der Waals surface area contributed by atoms with Crippen LogP contribution in [0.25, 0.3) is 22.2 Å². The van der Waals surface area contributed by atoms with Crippen molar-refractivity contribution in [3.05, 3.63) is 45.9 Å². The van der Waals surface area contributed by atoms with Crippen molar-refractivity contribution in [2.24, 2.45) is 0 Å². The number of rotatable bonds is 4. The molecule has 0 aromatic carbocycles. The topological polar surface area (TPSA) is 71.1 Å². The summed E-state index contributed by atoms with van der Waals surface area (Å²) in [6, 6.07) is 4.08. The van der Waals surface area contributed by atoms with Crippen molar-refractivity contribution in [2.45, 2.75) is 45.2 Å². The molecule has 0 unspecified atom stereocenters. The summed E-state index contributed by atoms with van der Waals surface area (Å²) in [4.78, 5) is 25.4. The van der Waals surface area contributed by atoms with Gasteiger partial charge in [-0.3, -0.25) is 4.79 Å². The van der Waals surface area contributed by atoms with Gasteiger partial charge in [-0.25, -0.2) is 18.7 Å². The van der Waals surface area contributed by atoms with Crippen LogP contribution in [0.1, 0.15) is 37.4 Å². The average Bonchev–Trinajstić information content (AvgIpc) is 2.93. The Hall–Kier alpha value is -3.24. The summed E-state index contributed by atoms with van der Waals surface area (Å²) in [5.74, 6) is -2.85. The van der Waals surface area contributed by atoms with Gasteiger partial charge in [0, 0.05) is 43.8 Å². The second-order valence-electron chi connectivity index (χ2n) is 8.24. The molecule has 3 aromatic rings. The molecule has 3 aromatic heterocycles. The number of halogens is 5. The molecule has 1 aliphatic rings. The molecule has 1 aliphatic heterocycles. The lowest BCUT2D eigenvalue weighted by molar-refractivity contribution is -0.141. The molecule has 34 heavy (non-hydrogen) atoms. The number of aryl methyl sites for hydroxylation is 1. The molecule has 6 nitrogen and oxygen atoms in total. The number of alkyl halides is 5. The van der Waals surface area contributed by atoms with Crippen LogP contribution in [0, 0.1) is 6.92 Å². The molecule has 11 heteroatoms. The van der Waals surface area contributed by atoms with Gasteiger partial charge in [0.25, 0.3) is 0 Å². The number of fused-ring (bicyclic) bond motifs is 1. The maximum atomic E-state index is 13.9. The van der Waals surface area contributed by atoms with Crippen LogP contribution in [0.3, 0.4) is 0 Å². The van der Waals surface area contributed by atoms with Crippen LogP contribution >= 0.6 is 0 Å². The zero-order valence-corrected chi connectivity index (χ0v) is 18.6. The fraction of sp³-hybridized carbons (Fsp3) is 0.435. The summed E-state index contributed by atoms with van der Waals surface area (Å²) in [5, 5.41) is 0.209. The van der Waals surface area contributed by atoms with Gasteiger partial charge in [0.05, 0.1) is 17.8 Å². The van der Waals surface area contributed by atoms with Gasteiger partial charge in [0.1, 0.15) is 16.9 Å². The molecule has 182 valence electrons. The van der Waals surface area contributed by atoms with Crippen molar-refractivity contribution in [3.8, 4) is 17.1 Å². The molecular weight excluding hydrogens is 459 g/mol. The Kier molecular flexibility index (Phi) is 6.22. The summed E-state index contributed by atoms with van der Waals surface area (Å²) >= 11 is 0. The number of hydrogen-bond acceptors (Lipinski definition) is 5. The third-order valence-corrected chi connectivity index (χ3v) is 5.76. The molecule has 4 heterocycles. The van der Waals surface area contributed by atoms with E-state index in [-0.39, 0.29) is 59.8 Å². The molecule has 0 saturated carbocycles. The molecule has 4 rings (SSSR count). The van der Waals surface area contributed by atoms with Crippen molar-refractivity contribution >= 4 is 16.7 Å². The second-order valence-corrected chi connectivity index (χ2v) is 8.24. The number of ether oxygens (including phenoxy) is 1. The van der Waals surface area contributed by atoms with Crippen LogP contribution in [0.5, 0.6) is 5.88 Å². The van der Waals surface area contributed by atoms with Crippen molar-refractivity contribution in [1.29, 1.82) is 0 Å². The van der Waals surface area contributed by atoms with E-state index in [1.165, 1.54) is 30.2 Å². The van der Waals surface area contributed by atoms with Crippen molar-refractivity contribution in [1.82, 2.24) is 15.0 Å². The molecular formula is C23H23F5N4O2. The minimum Gasteiger partial charge on any atom is -0.477 e. The number of anilines is 1. The van der Waals surface area contributed by atoms with E-state index in [9.17, 15) is 26.7 Å². The van der Waals surface area contributed by atoms with Gasteiger partial charge in [0.15, 0.2) is 5.43 Å². The predicted octanol–water partition coefficient (Wildman–Crippen LogP) is 5.34. The van der Waals surface area contributed by atoms with Crippen LogP contribution in [0.2, 0.25) is 0 Å². The van der Waals surface area contributed by atoms with Gasteiger partial charge in [-0.1, -0.05) is 0 Å². The first kappa shape index (κ1) is 23.9. The van der Waals surface area contributed by atoms with Crippen molar-refractivity contribution in [2.75, 3.05) is 24.6 Å². The Labute approximate surface area is 191 Å². The van der Waals surface area contributed by atoms with Crippen molar-refractivity contribution in [3.63, 3.8) is 0 Å². The molecule has 0 aliphatic carbocycles. The smallest absolute Gasteiger partial charge is 0.433 e. The molecule has 0 bridgehead atoms. The fourth-order valence-corrected chi connectivity index (χ4v) is 4.17. The number of aromatic amines is 1. The molecule has 1 saturated heterocycles. The third kappa shape index (κ3) is 4.69.